The fourth-order valence-corrected chi connectivity index (χ4v) is 1.34. The molecule has 1 unspecified atom stereocenters. The minimum atomic E-state index is -0.517. The molecule has 1 aromatic carbocycles. The zero-order valence-corrected chi connectivity index (χ0v) is 9.57. The quantitative estimate of drug-likeness (QED) is 0.813. The van der Waals surface area contributed by atoms with Crippen molar-refractivity contribution in [2.45, 2.75) is 26.3 Å². The third-order valence-corrected chi connectivity index (χ3v) is 2.32. The summed E-state index contributed by atoms with van der Waals surface area (Å²) in [6, 6.07) is 8.92. The van der Waals surface area contributed by atoms with Crippen molar-refractivity contribution in [3.8, 4) is 0 Å². The van der Waals surface area contributed by atoms with Gasteiger partial charge in [-0.15, -0.1) is 0 Å². The molecule has 1 radical (unpaired) electrons. The zero-order chi connectivity index (χ0) is 12.0. The number of amides is 1. The Labute approximate surface area is 95.9 Å². The van der Waals surface area contributed by atoms with Crippen LogP contribution in [-0.4, -0.2) is 18.2 Å². The van der Waals surface area contributed by atoms with E-state index in [-0.39, 0.29) is 11.8 Å². The molecule has 16 heavy (non-hydrogen) atoms. The SMILES string of the molecule is CC(C)C([C]=O)NC(=O)Cc1ccccc1. The number of nitrogens with one attached hydrogen (secondary N) is 1. The van der Waals surface area contributed by atoms with Gasteiger partial charge in [-0.25, -0.2) is 0 Å². The molecule has 3 heteroatoms. The molecule has 0 heterocycles. The van der Waals surface area contributed by atoms with Crippen LogP contribution in [0.1, 0.15) is 19.4 Å². The van der Waals surface area contributed by atoms with Crippen LogP contribution in [-0.2, 0) is 16.0 Å². The number of benzene rings is 1. The molecule has 85 valence electrons. The Balaban J connectivity index is 2.50. The topological polar surface area (TPSA) is 46.2 Å². The van der Waals surface area contributed by atoms with Gasteiger partial charge in [0, 0.05) is 0 Å². The van der Waals surface area contributed by atoms with E-state index in [1.165, 1.54) is 0 Å². The Morgan fingerprint density at radius 2 is 1.94 bits per heavy atom. The van der Waals surface area contributed by atoms with Gasteiger partial charge < -0.3 is 5.32 Å². The predicted molar refractivity (Wildman–Crippen MR) is 62.6 cm³/mol. The van der Waals surface area contributed by atoms with Gasteiger partial charge in [-0.3, -0.25) is 9.59 Å². The third-order valence-electron chi connectivity index (χ3n) is 2.32. The van der Waals surface area contributed by atoms with Crippen molar-refractivity contribution in [3.05, 3.63) is 35.9 Å². The lowest BCUT2D eigenvalue weighted by atomic mass is 10.1. The lowest BCUT2D eigenvalue weighted by molar-refractivity contribution is -0.121. The largest absolute Gasteiger partial charge is 0.345 e. The summed E-state index contributed by atoms with van der Waals surface area (Å²) >= 11 is 0. The van der Waals surface area contributed by atoms with E-state index in [2.05, 4.69) is 5.32 Å². The van der Waals surface area contributed by atoms with Crippen molar-refractivity contribution in [1.82, 2.24) is 5.32 Å². The van der Waals surface area contributed by atoms with Gasteiger partial charge in [0.05, 0.1) is 12.5 Å². The summed E-state index contributed by atoms with van der Waals surface area (Å²) in [6.07, 6.45) is 2.13. The zero-order valence-electron chi connectivity index (χ0n) is 9.57. The molecular weight excluding hydrogens is 202 g/mol. The summed E-state index contributed by atoms with van der Waals surface area (Å²) in [5.41, 5.74) is 0.938. The smallest absolute Gasteiger partial charge is 0.225 e. The molecule has 1 atom stereocenters. The highest BCUT2D eigenvalue weighted by molar-refractivity contribution is 5.81. The maximum Gasteiger partial charge on any atom is 0.225 e. The van der Waals surface area contributed by atoms with Crippen LogP contribution in [0.25, 0.3) is 0 Å². The highest BCUT2D eigenvalue weighted by atomic mass is 16.2. The highest BCUT2D eigenvalue weighted by Crippen LogP contribution is 2.02. The Morgan fingerprint density at radius 1 is 1.31 bits per heavy atom. The van der Waals surface area contributed by atoms with Gasteiger partial charge in [0.2, 0.25) is 12.2 Å². The van der Waals surface area contributed by atoms with Crippen molar-refractivity contribution in [2.75, 3.05) is 0 Å². The molecule has 0 spiro atoms. The summed E-state index contributed by atoms with van der Waals surface area (Å²) in [6.45, 7) is 3.75. The molecule has 0 bridgehead atoms. The van der Waals surface area contributed by atoms with Crippen LogP contribution in [0.5, 0.6) is 0 Å². The first kappa shape index (κ1) is 12.4. The summed E-state index contributed by atoms with van der Waals surface area (Å²) < 4.78 is 0. The summed E-state index contributed by atoms with van der Waals surface area (Å²) in [7, 11) is 0. The highest BCUT2D eigenvalue weighted by Gasteiger charge is 2.15. The van der Waals surface area contributed by atoms with Crippen LogP contribution in [0.4, 0.5) is 0 Å². The molecule has 0 aromatic heterocycles. The molecule has 1 N–H and O–H groups in total. The van der Waals surface area contributed by atoms with Gasteiger partial charge in [-0.05, 0) is 11.5 Å². The van der Waals surface area contributed by atoms with Crippen LogP contribution in [0.2, 0.25) is 0 Å². The number of carbonyl (C=O) groups excluding carboxylic acids is 2. The standard InChI is InChI=1S/C13H16NO2/c1-10(2)12(9-15)14-13(16)8-11-6-4-3-5-7-11/h3-7,10,12H,8H2,1-2H3,(H,14,16). The van der Waals surface area contributed by atoms with E-state index < -0.39 is 6.04 Å². The van der Waals surface area contributed by atoms with E-state index >= 15 is 0 Å². The lowest BCUT2D eigenvalue weighted by Crippen LogP contribution is -2.40. The second-order valence-electron chi connectivity index (χ2n) is 4.07. The minimum Gasteiger partial charge on any atom is -0.345 e. The molecular formula is C13H16NO2. The Bertz CT molecular complexity index is 346. The van der Waals surface area contributed by atoms with Crippen molar-refractivity contribution in [3.63, 3.8) is 0 Å². The molecule has 0 saturated carbocycles. The van der Waals surface area contributed by atoms with Crippen LogP contribution in [0.15, 0.2) is 30.3 Å². The predicted octanol–water partition coefficient (Wildman–Crippen LogP) is 1.48. The van der Waals surface area contributed by atoms with Gasteiger partial charge in [-0.2, -0.15) is 0 Å². The van der Waals surface area contributed by atoms with E-state index in [0.29, 0.717) is 6.42 Å². The molecule has 0 aliphatic rings. The van der Waals surface area contributed by atoms with Crippen LogP contribution in [0.3, 0.4) is 0 Å². The van der Waals surface area contributed by atoms with E-state index in [9.17, 15) is 9.59 Å². The molecule has 0 fully saturated rings. The van der Waals surface area contributed by atoms with E-state index in [4.69, 9.17) is 0 Å². The normalized spacial score (nSPS) is 12.2. The average molecular weight is 218 g/mol. The fourth-order valence-electron chi connectivity index (χ4n) is 1.34. The van der Waals surface area contributed by atoms with Gasteiger partial charge in [0.15, 0.2) is 0 Å². The minimum absolute atomic E-state index is 0.0669. The molecule has 1 aromatic rings. The van der Waals surface area contributed by atoms with Gasteiger partial charge in [0.25, 0.3) is 0 Å². The van der Waals surface area contributed by atoms with Gasteiger partial charge in [0.1, 0.15) is 0 Å². The van der Waals surface area contributed by atoms with Crippen molar-refractivity contribution >= 4 is 12.2 Å². The fraction of sp³-hybridized carbons (Fsp3) is 0.385. The Hall–Kier alpha value is -1.64. The Kier molecular flexibility index (Phi) is 4.70. The third kappa shape index (κ3) is 3.85. The van der Waals surface area contributed by atoms with E-state index in [1.807, 2.05) is 50.5 Å². The van der Waals surface area contributed by atoms with Crippen molar-refractivity contribution < 1.29 is 9.59 Å². The Morgan fingerprint density at radius 3 is 2.44 bits per heavy atom. The van der Waals surface area contributed by atoms with E-state index in [0.717, 1.165) is 5.56 Å². The van der Waals surface area contributed by atoms with Crippen LogP contribution >= 0.6 is 0 Å². The summed E-state index contributed by atoms with van der Waals surface area (Å²) in [4.78, 5) is 22.2. The number of carbonyl (C=O) groups is 1. The van der Waals surface area contributed by atoms with Crippen molar-refractivity contribution in [1.29, 1.82) is 0 Å². The molecule has 0 aliphatic carbocycles. The maximum atomic E-state index is 11.6. The van der Waals surface area contributed by atoms with Gasteiger partial charge >= 0.3 is 0 Å². The van der Waals surface area contributed by atoms with Crippen molar-refractivity contribution in [2.24, 2.45) is 5.92 Å². The molecule has 1 amide bonds. The first-order valence-corrected chi connectivity index (χ1v) is 5.34. The maximum absolute atomic E-state index is 11.6. The van der Waals surface area contributed by atoms with Crippen LogP contribution in [0, 0.1) is 5.92 Å². The first-order valence-electron chi connectivity index (χ1n) is 5.34. The molecule has 0 aliphatic heterocycles. The van der Waals surface area contributed by atoms with E-state index in [1.54, 1.807) is 0 Å². The summed E-state index contributed by atoms with van der Waals surface area (Å²) in [5.74, 6) is -0.0783. The lowest BCUT2D eigenvalue weighted by Gasteiger charge is -2.15. The molecule has 0 saturated heterocycles. The average Bonchev–Trinajstić information content (AvgIpc) is 2.27. The van der Waals surface area contributed by atoms with Gasteiger partial charge in [-0.1, -0.05) is 44.2 Å². The monoisotopic (exact) mass is 218 g/mol. The number of hydrogen-bond acceptors (Lipinski definition) is 2. The molecule has 1 rings (SSSR count). The second-order valence-corrected chi connectivity index (χ2v) is 4.07. The first-order chi connectivity index (χ1) is 7.63. The number of rotatable bonds is 5. The summed E-state index contributed by atoms with van der Waals surface area (Å²) in [5, 5.41) is 2.65. The molecule has 3 nitrogen and oxygen atoms in total. The van der Waals surface area contributed by atoms with Crippen LogP contribution < -0.4 is 5.32 Å². The number of hydrogen-bond donors (Lipinski definition) is 1. The second kappa shape index (κ2) is 6.05.